The highest BCUT2D eigenvalue weighted by molar-refractivity contribution is 7.93. The number of halogens is 3. The van der Waals surface area contributed by atoms with Gasteiger partial charge in [0.2, 0.25) is 0 Å². The summed E-state index contributed by atoms with van der Waals surface area (Å²) in [4.78, 5) is 12.2. The van der Waals surface area contributed by atoms with E-state index in [1.165, 1.54) is 35.0 Å². The molecule has 0 aliphatic carbocycles. The number of nitriles is 1. The zero-order chi connectivity index (χ0) is 39.0. The lowest BCUT2D eigenvalue weighted by Gasteiger charge is -2.19. The van der Waals surface area contributed by atoms with Crippen LogP contribution in [0.25, 0.3) is 11.3 Å². The van der Waals surface area contributed by atoms with Crippen molar-refractivity contribution in [3.63, 3.8) is 0 Å². The summed E-state index contributed by atoms with van der Waals surface area (Å²) in [5.41, 5.74) is 0.410. The van der Waals surface area contributed by atoms with Crippen molar-refractivity contribution in [2.75, 3.05) is 23.3 Å². The zero-order valence-corrected chi connectivity index (χ0v) is 32.3. The van der Waals surface area contributed by atoms with Gasteiger partial charge in [0.15, 0.2) is 11.6 Å². The molecule has 18 heteroatoms. The first-order chi connectivity index (χ1) is 24.8. The Balaban J connectivity index is 1.67. The summed E-state index contributed by atoms with van der Waals surface area (Å²) < 4.78 is 86.4. The predicted octanol–water partition coefficient (Wildman–Crippen LogP) is 7.13. The normalized spacial score (nSPS) is 12.1. The molecule has 0 atom stereocenters. The summed E-state index contributed by atoms with van der Waals surface area (Å²) >= 11 is 0. The van der Waals surface area contributed by atoms with Gasteiger partial charge in [0.05, 0.1) is 25.3 Å². The van der Waals surface area contributed by atoms with E-state index in [0.29, 0.717) is 18.0 Å². The van der Waals surface area contributed by atoms with Gasteiger partial charge in [-0.3, -0.25) is 14.2 Å². The number of anilines is 3. The first kappa shape index (κ1) is 40.9. The van der Waals surface area contributed by atoms with Gasteiger partial charge in [-0.2, -0.15) is 24.2 Å². The monoisotopic (exact) mass is 775 g/mol. The molecule has 0 spiro atoms. The molecule has 2 N–H and O–H groups in total. The van der Waals surface area contributed by atoms with E-state index in [2.05, 4.69) is 41.2 Å². The Labute approximate surface area is 308 Å². The van der Waals surface area contributed by atoms with Crippen LogP contribution in [0.3, 0.4) is 0 Å². The molecule has 0 radical (unpaired) electrons. The maximum atomic E-state index is 13.4. The number of benzene rings is 2. The van der Waals surface area contributed by atoms with E-state index in [4.69, 9.17) is 14.2 Å². The molecule has 13 nitrogen and oxygen atoms in total. The lowest BCUT2D eigenvalue weighted by Crippen LogP contribution is -2.24. The minimum atomic E-state index is -5.06. The summed E-state index contributed by atoms with van der Waals surface area (Å²) in [6.07, 6.45) is 2.04. The Morgan fingerprint density at radius 3 is 2.42 bits per heavy atom. The molecule has 2 heterocycles. The molecule has 2 aromatic heterocycles. The fourth-order valence-electron chi connectivity index (χ4n) is 4.79. The average Bonchev–Trinajstić information content (AvgIpc) is 3.66. The van der Waals surface area contributed by atoms with Crippen LogP contribution in [-0.2, 0) is 44.0 Å². The number of nitrogens with one attached hydrogen (secondary N) is 2. The van der Waals surface area contributed by atoms with E-state index in [-0.39, 0.29) is 67.2 Å². The number of aromatic nitrogens is 4. The predicted molar refractivity (Wildman–Crippen MR) is 197 cm³/mol. The SMILES string of the molecule is CC(C)(C)OC(=O)CCn1ccc(Nc2c(C#N)c(-c3ccc(NS(=O)(=O)C(F)F)c(OCCc4ccc(F)cc4)c3)nn2COCC[Si](C)(C)C)n1. The molecule has 0 amide bonds. The van der Waals surface area contributed by atoms with Crippen molar-refractivity contribution < 1.29 is 40.6 Å². The zero-order valence-electron chi connectivity index (χ0n) is 30.5. The lowest BCUT2D eigenvalue weighted by molar-refractivity contribution is -0.155. The molecule has 286 valence electrons. The Kier molecular flexibility index (Phi) is 13.4. The van der Waals surface area contributed by atoms with Crippen LogP contribution in [0.2, 0.25) is 25.7 Å². The molecule has 4 aromatic rings. The number of hydrogen-bond donors (Lipinski definition) is 2. The van der Waals surface area contributed by atoms with Gasteiger partial charge >= 0.3 is 11.7 Å². The third-order valence-electron chi connectivity index (χ3n) is 7.43. The van der Waals surface area contributed by atoms with E-state index in [1.807, 2.05) is 4.72 Å². The van der Waals surface area contributed by atoms with Crippen molar-refractivity contribution in [1.29, 1.82) is 5.26 Å². The van der Waals surface area contributed by atoms with Crippen molar-refractivity contribution in [3.8, 4) is 23.1 Å². The largest absolute Gasteiger partial charge is 0.491 e. The number of carbonyl (C=O) groups is 1. The van der Waals surface area contributed by atoms with Crippen LogP contribution in [0.15, 0.2) is 54.7 Å². The maximum absolute atomic E-state index is 13.4. The second-order valence-corrected chi connectivity index (χ2v) is 21.6. The van der Waals surface area contributed by atoms with E-state index >= 15 is 0 Å². The average molecular weight is 776 g/mol. The van der Waals surface area contributed by atoms with E-state index in [9.17, 15) is 31.6 Å². The molecule has 0 unspecified atom stereocenters. The molecule has 53 heavy (non-hydrogen) atoms. The molecule has 0 saturated carbocycles. The van der Waals surface area contributed by atoms with Gasteiger partial charge in [0.25, 0.3) is 10.0 Å². The van der Waals surface area contributed by atoms with Crippen LogP contribution in [0.4, 0.5) is 30.5 Å². The standard InChI is InChI=1S/C35H44F3N7O6SSi/c1-35(2,3)51-31(46)14-17-44-16-13-30(41-44)40-33-27(22-39)32(42-45(33)23-49-19-20-53(4,5)6)25-9-12-28(43-52(47,48)34(37)38)29(21-25)50-18-15-24-7-10-26(36)11-8-24/h7-13,16,21,34,43H,14-15,17-20,23H2,1-6H3,(H,40,41). The molecule has 0 bridgehead atoms. The van der Waals surface area contributed by atoms with Crippen LogP contribution in [0.1, 0.15) is 38.3 Å². The molecular weight excluding hydrogens is 732 g/mol. The van der Waals surface area contributed by atoms with E-state index in [0.717, 1.165) is 11.6 Å². The molecule has 0 saturated heterocycles. The van der Waals surface area contributed by atoms with Gasteiger partial charge in [-0.05, 0) is 56.6 Å². The molecule has 0 aliphatic heterocycles. The summed E-state index contributed by atoms with van der Waals surface area (Å²) in [6, 6.07) is 14.5. The van der Waals surface area contributed by atoms with Crippen molar-refractivity contribution in [3.05, 3.63) is 71.7 Å². The summed E-state index contributed by atoms with van der Waals surface area (Å²) in [7, 11) is -6.49. The summed E-state index contributed by atoms with van der Waals surface area (Å²) in [5, 5.41) is 22.7. The Bertz CT molecular complexity index is 2020. The van der Waals surface area contributed by atoms with Gasteiger partial charge in [0.1, 0.15) is 41.2 Å². The van der Waals surface area contributed by atoms with Crippen molar-refractivity contribution in [2.24, 2.45) is 0 Å². The van der Waals surface area contributed by atoms with Crippen LogP contribution >= 0.6 is 0 Å². The van der Waals surface area contributed by atoms with Gasteiger partial charge < -0.3 is 19.5 Å². The Morgan fingerprint density at radius 1 is 1.06 bits per heavy atom. The molecular formula is C35H44F3N7O6SSi. The fraction of sp³-hybridized carbons (Fsp3) is 0.429. The number of nitrogens with zero attached hydrogens (tertiary/aromatic N) is 5. The first-order valence-corrected chi connectivity index (χ1v) is 22.0. The van der Waals surface area contributed by atoms with Crippen LogP contribution in [0.5, 0.6) is 5.75 Å². The number of ether oxygens (including phenoxy) is 3. The van der Waals surface area contributed by atoms with E-state index in [1.54, 1.807) is 49.8 Å². The summed E-state index contributed by atoms with van der Waals surface area (Å²) in [6.45, 7) is 12.6. The lowest BCUT2D eigenvalue weighted by atomic mass is 10.1. The number of esters is 1. The maximum Gasteiger partial charge on any atom is 0.355 e. The number of alkyl halides is 2. The molecule has 4 rings (SSSR count). The van der Waals surface area contributed by atoms with Crippen molar-refractivity contribution >= 4 is 41.4 Å². The first-order valence-electron chi connectivity index (χ1n) is 16.8. The van der Waals surface area contributed by atoms with Crippen molar-refractivity contribution in [2.45, 2.75) is 83.9 Å². The van der Waals surface area contributed by atoms with Gasteiger partial charge in [-0.1, -0.05) is 37.8 Å². The quantitative estimate of drug-likeness (QED) is 0.0604. The van der Waals surface area contributed by atoms with Crippen LogP contribution < -0.4 is 14.8 Å². The van der Waals surface area contributed by atoms with Crippen molar-refractivity contribution in [1.82, 2.24) is 19.6 Å². The third kappa shape index (κ3) is 12.4. The number of hydrogen-bond acceptors (Lipinski definition) is 10. The van der Waals surface area contributed by atoms with Gasteiger partial charge in [0, 0.05) is 38.9 Å². The highest BCUT2D eigenvalue weighted by Crippen LogP contribution is 2.36. The second-order valence-electron chi connectivity index (χ2n) is 14.3. The summed E-state index contributed by atoms with van der Waals surface area (Å²) in [5.74, 6) is -4.00. The number of aryl methyl sites for hydroxylation is 1. The van der Waals surface area contributed by atoms with Crippen LogP contribution in [-0.4, -0.2) is 66.6 Å². The minimum Gasteiger partial charge on any atom is -0.491 e. The van der Waals surface area contributed by atoms with Crippen LogP contribution in [0, 0.1) is 17.1 Å². The number of sulfonamides is 1. The van der Waals surface area contributed by atoms with E-state index < -0.39 is 35.3 Å². The molecule has 0 fully saturated rings. The Morgan fingerprint density at radius 2 is 1.77 bits per heavy atom. The van der Waals surface area contributed by atoms with Gasteiger partial charge in [-0.25, -0.2) is 17.5 Å². The third-order valence-corrected chi connectivity index (χ3v) is 10.1. The molecule has 2 aromatic carbocycles. The Hall–Kier alpha value is -4.86. The number of carbonyl (C=O) groups excluding carboxylic acids is 1. The fourth-order valence-corrected chi connectivity index (χ4v) is 6.11. The highest BCUT2D eigenvalue weighted by Gasteiger charge is 2.27. The topological polar surface area (TPSA) is 162 Å². The highest BCUT2D eigenvalue weighted by atomic mass is 32.2. The number of rotatable bonds is 18. The minimum absolute atomic E-state index is 0.0215. The van der Waals surface area contributed by atoms with Gasteiger partial charge in [-0.15, -0.1) is 0 Å². The smallest absolute Gasteiger partial charge is 0.355 e. The molecule has 0 aliphatic rings. The second kappa shape index (κ2) is 17.3.